The van der Waals surface area contributed by atoms with Gasteiger partial charge in [0.1, 0.15) is 5.82 Å². The van der Waals surface area contributed by atoms with E-state index in [1.54, 1.807) is 12.1 Å². The number of hydrogen-bond donors (Lipinski definition) is 0. The summed E-state index contributed by atoms with van der Waals surface area (Å²) in [6.45, 7) is 20.8. The largest absolute Gasteiger partial charge is 0.207 e. The minimum atomic E-state index is -0.173. The molecular weight excluding hydrogens is 343 g/mol. The van der Waals surface area contributed by atoms with E-state index in [1.165, 1.54) is 22.8 Å². The highest BCUT2D eigenvalue weighted by molar-refractivity contribution is 5.47. The van der Waals surface area contributed by atoms with Gasteiger partial charge in [0.05, 0.1) is 0 Å². The van der Waals surface area contributed by atoms with Crippen LogP contribution >= 0.6 is 0 Å². The van der Waals surface area contributed by atoms with Gasteiger partial charge in [-0.05, 0) is 86.4 Å². The summed E-state index contributed by atoms with van der Waals surface area (Å²) < 4.78 is 13.4. The summed E-state index contributed by atoms with van der Waals surface area (Å²) >= 11 is 0. The average molecular weight is 379 g/mol. The lowest BCUT2D eigenvalue weighted by Crippen LogP contribution is -2.04. The van der Waals surface area contributed by atoms with E-state index >= 15 is 0 Å². The molecule has 0 aromatic heterocycles. The zero-order chi connectivity index (χ0) is 21.1. The molecular formula is C27H35F. The highest BCUT2D eigenvalue weighted by atomic mass is 19.1. The number of hydrogen-bond acceptors (Lipinski definition) is 0. The second kappa shape index (κ2) is 12.1. The van der Waals surface area contributed by atoms with Crippen molar-refractivity contribution in [3.05, 3.63) is 108 Å². The summed E-state index contributed by atoms with van der Waals surface area (Å²) in [5.41, 5.74) is 7.00. The van der Waals surface area contributed by atoms with Crippen molar-refractivity contribution in [1.82, 2.24) is 0 Å². The molecule has 0 radical (unpaired) electrons. The average Bonchev–Trinajstić information content (AvgIpc) is 2.68. The SMILES string of the molecule is C=CC(=C\C)/C(C)=C(C)/C=C(\C(=C)CCCc1cccc(F)c1)C(C=C)CC. The molecule has 1 heteroatoms. The second-order valence-electron chi connectivity index (χ2n) is 7.19. The van der Waals surface area contributed by atoms with E-state index in [1.807, 2.05) is 25.1 Å². The van der Waals surface area contributed by atoms with Gasteiger partial charge in [0.25, 0.3) is 0 Å². The summed E-state index contributed by atoms with van der Waals surface area (Å²) in [6.07, 6.45) is 11.9. The monoisotopic (exact) mass is 378 g/mol. The molecule has 1 rings (SSSR count). The van der Waals surface area contributed by atoms with Crippen molar-refractivity contribution in [2.75, 3.05) is 0 Å². The lowest BCUT2D eigenvalue weighted by Gasteiger charge is -2.19. The molecule has 0 nitrogen and oxygen atoms in total. The van der Waals surface area contributed by atoms with E-state index in [2.05, 4.69) is 52.7 Å². The molecule has 150 valence electrons. The van der Waals surface area contributed by atoms with Crippen LogP contribution in [0.2, 0.25) is 0 Å². The highest BCUT2D eigenvalue weighted by Gasteiger charge is 2.13. The standard InChI is InChI=1S/C27H35F/c1-8-24(9-2)22(7)21(6)18-27(25(10-3)11-4)20(5)14-12-15-23-16-13-17-26(28)19-23/h8-10,13,16-19,25H,1,3,5,11-12,14-15H2,2,4,6-7H3/b22-21+,24-9+,27-18+. The highest BCUT2D eigenvalue weighted by Crippen LogP contribution is 2.29. The third kappa shape index (κ3) is 6.96. The Labute approximate surface area is 171 Å². The summed E-state index contributed by atoms with van der Waals surface area (Å²) in [5.74, 6) is 0.107. The summed E-state index contributed by atoms with van der Waals surface area (Å²) in [6, 6.07) is 6.84. The van der Waals surface area contributed by atoms with Crippen LogP contribution in [0.15, 0.2) is 96.2 Å². The van der Waals surface area contributed by atoms with Crippen LogP contribution in [0.1, 0.15) is 52.5 Å². The van der Waals surface area contributed by atoms with Crippen molar-refractivity contribution >= 4 is 0 Å². The summed E-state index contributed by atoms with van der Waals surface area (Å²) in [4.78, 5) is 0. The van der Waals surface area contributed by atoms with Crippen LogP contribution in [-0.2, 0) is 6.42 Å². The molecule has 1 atom stereocenters. The van der Waals surface area contributed by atoms with E-state index in [-0.39, 0.29) is 11.7 Å². The summed E-state index contributed by atoms with van der Waals surface area (Å²) in [7, 11) is 0. The van der Waals surface area contributed by atoms with E-state index < -0.39 is 0 Å². The second-order valence-corrected chi connectivity index (χ2v) is 7.19. The molecule has 1 aromatic rings. The Morgan fingerprint density at radius 3 is 2.46 bits per heavy atom. The van der Waals surface area contributed by atoms with E-state index in [0.29, 0.717) is 0 Å². The van der Waals surface area contributed by atoms with E-state index in [9.17, 15) is 4.39 Å². The molecule has 0 heterocycles. The Morgan fingerprint density at radius 1 is 1.21 bits per heavy atom. The van der Waals surface area contributed by atoms with Crippen LogP contribution in [-0.4, -0.2) is 0 Å². The topological polar surface area (TPSA) is 0 Å². The molecule has 0 amide bonds. The van der Waals surface area contributed by atoms with Gasteiger partial charge in [-0.3, -0.25) is 0 Å². The van der Waals surface area contributed by atoms with Gasteiger partial charge in [0.2, 0.25) is 0 Å². The predicted octanol–water partition coefficient (Wildman–Crippen LogP) is 8.31. The van der Waals surface area contributed by atoms with Gasteiger partial charge >= 0.3 is 0 Å². The lowest BCUT2D eigenvalue weighted by molar-refractivity contribution is 0.624. The van der Waals surface area contributed by atoms with Crippen LogP contribution in [0.25, 0.3) is 0 Å². The maximum absolute atomic E-state index is 13.4. The Hall–Kier alpha value is -2.41. The first-order chi connectivity index (χ1) is 13.4. The molecule has 0 aliphatic rings. The number of allylic oxidation sites excluding steroid dienone is 9. The molecule has 0 aliphatic heterocycles. The van der Waals surface area contributed by atoms with Gasteiger partial charge < -0.3 is 0 Å². The zero-order valence-electron chi connectivity index (χ0n) is 18.0. The molecule has 1 unspecified atom stereocenters. The number of rotatable bonds is 11. The molecule has 0 fully saturated rings. The van der Waals surface area contributed by atoms with Gasteiger partial charge in [-0.1, -0.05) is 62.1 Å². The van der Waals surface area contributed by atoms with Crippen LogP contribution in [0, 0.1) is 11.7 Å². The van der Waals surface area contributed by atoms with Gasteiger partial charge in [0, 0.05) is 5.92 Å². The van der Waals surface area contributed by atoms with Crippen molar-refractivity contribution < 1.29 is 4.39 Å². The van der Waals surface area contributed by atoms with Crippen molar-refractivity contribution in [2.24, 2.45) is 5.92 Å². The quantitative estimate of drug-likeness (QED) is 0.268. The Morgan fingerprint density at radius 2 is 1.93 bits per heavy atom. The van der Waals surface area contributed by atoms with Crippen LogP contribution in [0.3, 0.4) is 0 Å². The third-order valence-corrected chi connectivity index (χ3v) is 5.29. The molecule has 0 saturated heterocycles. The fourth-order valence-electron chi connectivity index (χ4n) is 3.38. The first-order valence-electron chi connectivity index (χ1n) is 10.1. The van der Waals surface area contributed by atoms with Crippen LogP contribution in [0.4, 0.5) is 4.39 Å². The molecule has 0 spiro atoms. The van der Waals surface area contributed by atoms with Crippen molar-refractivity contribution in [1.29, 1.82) is 0 Å². The molecule has 1 aromatic carbocycles. The maximum Gasteiger partial charge on any atom is 0.123 e. The van der Waals surface area contributed by atoms with Crippen LogP contribution in [0.5, 0.6) is 0 Å². The minimum Gasteiger partial charge on any atom is -0.207 e. The van der Waals surface area contributed by atoms with Gasteiger partial charge in [-0.25, -0.2) is 4.39 Å². The normalized spacial score (nSPS) is 14.3. The van der Waals surface area contributed by atoms with Crippen molar-refractivity contribution in [3.8, 4) is 0 Å². The Balaban J connectivity index is 3.03. The van der Waals surface area contributed by atoms with E-state index in [4.69, 9.17) is 0 Å². The number of benzene rings is 1. The third-order valence-electron chi connectivity index (χ3n) is 5.29. The van der Waals surface area contributed by atoms with Crippen molar-refractivity contribution in [3.63, 3.8) is 0 Å². The first kappa shape index (κ1) is 23.6. The number of aryl methyl sites for hydroxylation is 1. The van der Waals surface area contributed by atoms with E-state index in [0.717, 1.165) is 42.4 Å². The smallest absolute Gasteiger partial charge is 0.123 e. The summed E-state index contributed by atoms with van der Waals surface area (Å²) in [5, 5.41) is 0. The fraction of sp³-hybridized carbons (Fsp3) is 0.333. The van der Waals surface area contributed by atoms with Crippen molar-refractivity contribution in [2.45, 2.75) is 53.4 Å². The Kier molecular flexibility index (Phi) is 10.2. The molecule has 0 aliphatic carbocycles. The Bertz CT molecular complexity index is 786. The van der Waals surface area contributed by atoms with Gasteiger partial charge in [0.15, 0.2) is 0 Å². The van der Waals surface area contributed by atoms with Gasteiger partial charge in [-0.2, -0.15) is 0 Å². The first-order valence-corrected chi connectivity index (χ1v) is 10.1. The number of halogens is 1. The lowest BCUT2D eigenvalue weighted by atomic mass is 9.86. The zero-order valence-corrected chi connectivity index (χ0v) is 18.0. The molecule has 0 saturated carbocycles. The fourth-order valence-corrected chi connectivity index (χ4v) is 3.38. The van der Waals surface area contributed by atoms with Gasteiger partial charge in [-0.15, -0.1) is 6.58 Å². The molecule has 0 N–H and O–H groups in total. The molecule has 28 heavy (non-hydrogen) atoms. The molecule has 0 bridgehead atoms. The minimum absolute atomic E-state index is 0.173. The van der Waals surface area contributed by atoms with Crippen LogP contribution < -0.4 is 0 Å². The maximum atomic E-state index is 13.4. The predicted molar refractivity (Wildman–Crippen MR) is 123 cm³/mol.